The molecule has 0 spiro atoms. The van der Waals surface area contributed by atoms with Gasteiger partial charge in [0, 0.05) is 10.0 Å². The van der Waals surface area contributed by atoms with Crippen LogP contribution in [0.15, 0.2) is 28.7 Å². The van der Waals surface area contributed by atoms with Gasteiger partial charge in [-0.05, 0) is 39.0 Å². The highest BCUT2D eigenvalue weighted by molar-refractivity contribution is 9.10. The van der Waals surface area contributed by atoms with Gasteiger partial charge < -0.3 is 10.1 Å². The molecule has 0 aliphatic heterocycles. The lowest BCUT2D eigenvalue weighted by molar-refractivity contribution is 0.190. The summed E-state index contributed by atoms with van der Waals surface area (Å²) in [5, 5.41) is 2.71. The zero-order valence-corrected chi connectivity index (χ0v) is 10.6. The predicted octanol–water partition coefficient (Wildman–Crippen LogP) is 3.34. The van der Waals surface area contributed by atoms with Crippen LogP contribution in [0.2, 0.25) is 0 Å². The molecule has 3 nitrogen and oxygen atoms in total. The van der Waals surface area contributed by atoms with Crippen molar-refractivity contribution in [2.75, 3.05) is 0 Å². The van der Waals surface area contributed by atoms with Crippen LogP contribution in [0.25, 0.3) is 0 Å². The highest BCUT2D eigenvalue weighted by Gasteiger charge is 2.14. The van der Waals surface area contributed by atoms with E-state index in [1.807, 2.05) is 32.9 Å². The van der Waals surface area contributed by atoms with Crippen LogP contribution in [-0.4, -0.2) is 11.6 Å². The number of halogens is 1. The molecule has 15 heavy (non-hydrogen) atoms. The number of amides is 1. The monoisotopic (exact) mass is 271 g/mol. The Bertz CT molecular complexity index is 358. The second-order valence-electron chi connectivity index (χ2n) is 4.22. The summed E-state index contributed by atoms with van der Waals surface area (Å²) in [5.74, 6) is 0.520. The summed E-state index contributed by atoms with van der Waals surface area (Å²) >= 11 is 3.30. The number of carbonyl (C=O) groups is 1. The minimum absolute atomic E-state index is 0.289. The van der Waals surface area contributed by atoms with Crippen molar-refractivity contribution in [3.63, 3.8) is 0 Å². The minimum Gasteiger partial charge on any atom is -0.410 e. The van der Waals surface area contributed by atoms with Crippen molar-refractivity contribution in [3.05, 3.63) is 28.7 Å². The third kappa shape index (κ3) is 4.83. The molecule has 1 N–H and O–H groups in total. The molecule has 0 aliphatic rings. The van der Waals surface area contributed by atoms with Gasteiger partial charge in [0.25, 0.3) is 0 Å². The van der Waals surface area contributed by atoms with E-state index in [0.717, 1.165) is 4.47 Å². The Hall–Kier alpha value is -1.03. The van der Waals surface area contributed by atoms with Crippen molar-refractivity contribution in [1.29, 1.82) is 0 Å². The standard InChI is InChI=1S/C11H14BrNO2/c1-11(2,3)13-10(14)15-9-6-4-5-8(12)7-9/h4-7H,1-3H3,(H,13,14). The zero-order chi connectivity index (χ0) is 11.5. The number of rotatable bonds is 1. The molecule has 4 heteroatoms. The van der Waals surface area contributed by atoms with E-state index in [-0.39, 0.29) is 5.54 Å². The van der Waals surface area contributed by atoms with Gasteiger partial charge >= 0.3 is 6.09 Å². The molecule has 0 aliphatic carbocycles. The van der Waals surface area contributed by atoms with Crippen LogP contribution in [0, 0.1) is 0 Å². The third-order valence-corrected chi connectivity index (χ3v) is 1.98. The first-order valence-corrected chi connectivity index (χ1v) is 5.42. The molecule has 0 fully saturated rings. The van der Waals surface area contributed by atoms with E-state index in [2.05, 4.69) is 21.2 Å². The van der Waals surface area contributed by atoms with Crippen molar-refractivity contribution in [1.82, 2.24) is 5.32 Å². The molecular formula is C11H14BrNO2. The Morgan fingerprint density at radius 1 is 1.40 bits per heavy atom. The smallest absolute Gasteiger partial charge is 0.410 e. The molecule has 0 unspecified atom stereocenters. The Kier molecular flexibility index (Phi) is 3.74. The van der Waals surface area contributed by atoms with Gasteiger partial charge in [-0.1, -0.05) is 22.0 Å². The number of hydrogen-bond acceptors (Lipinski definition) is 2. The first-order chi connectivity index (χ1) is 6.87. The molecule has 0 aromatic heterocycles. The highest BCUT2D eigenvalue weighted by atomic mass is 79.9. The second-order valence-corrected chi connectivity index (χ2v) is 5.14. The van der Waals surface area contributed by atoms with Gasteiger partial charge in [-0.25, -0.2) is 4.79 Å². The van der Waals surface area contributed by atoms with Crippen molar-refractivity contribution in [2.24, 2.45) is 0 Å². The molecule has 1 aromatic rings. The average Bonchev–Trinajstić information content (AvgIpc) is 1.99. The lowest BCUT2D eigenvalue weighted by Gasteiger charge is -2.19. The Balaban J connectivity index is 2.59. The number of benzene rings is 1. The fourth-order valence-corrected chi connectivity index (χ4v) is 1.35. The van der Waals surface area contributed by atoms with Crippen LogP contribution < -0.4 is 10.1 Å². The van der Waals surface area contributed by atoms with E-state index in [1.54, 1.807) is 12.1 Å². The zero-order valence-electron chi connectivity index (χ0n) is 9.00. The second kappa shape index (κ2) is 4.66. The summed E-state index contributed by atoms with van der Waals surface area (Å²) in [6.07, 6.45) is -0.444. The van der Waals surface area contributed by atoms with Crippen molar-refractivity contribution in [2.45, 2.75) is 26.3 Å². The molecule has 0 bridgehead atoms. The van der Waals surface area contributed by atoms with Crippen LogP contribution in [0.1, 0.15) is 20.8 Å². The number of ether oxygens (including phenoxy) is 1. The van der Waals surface area contributed by atoms with Gasteiger partial charge in [0.1, 0.15) is 5.75 Å². The lowest BCUT2D eigenvalue weighted by atomic mass is 10.1. The lowest BCUT2D eigenvalue weighted by Crippen LogP contribution is -2.42. The average molecular weight is 272 g/mol. The molecule has 0 saturated heterocycles. The van der Waals surface area contributed by atoms with Crippen molar-refractivity contribution in [3.8, 4) is 5.75 Å². The molecule has 0 radical (unpaired) electrons. The van der Waals surface area contributed by atoms with Crippen LogP contribution in [-0.2, 0) is 0 Å². The van der Waals surface area contributed by atoms with Gasteiger partial charge in [0.05, 0.1) is 0 Å². The first-order valence-electron chi connectivity index (χ1n) is 4.62. The van der Waals surface area contributed by atoms with E-state index < -0.39 is 6.09 Å². The maximum Gasteiger partial charge on any atom is 0.413 e. The van der Waals surface area contributed by atoms with E-state index >= 15 is 0 Å². The topological polar surface area (TPSA) is 38.3 Å². The summed E-state index contributed by atoms with van der Waals surface area (Å²) in [4.78, 5) is 11.4. The van der Waals surface area contributed by atoms with Crippen molar-refractivity contribution < 1.29 is 9.53 Å². The molecule has 82 valence electrons. The fraction of sp³-hybridized carbons (Fsp3) is 0.364. The maximum atomic E-state index is 11.4. The number of carbonyl (C=O) groups excluding carboxylic acids is 1. The predicted molar refractivity (Wildman–Crippen MR) is 63.1 cm³/mol. The summed E-state index contributed by atoms with van der Waals surface area (Å²) in [6, 6.07) is 7.15. The molecule has 1 amide bonds. The Morgan fingerprint density at radius 3 is 2.60 bits per heavy atom. The third-order valence-electron chi connectivity index (χ3n) is 1.48. The van der Waals surface area contributed by atoms with Gasteiger partial charge in [-0.15, -0.1) is 0 Å². The molecule has 1 aromatic carbocycles. The van der Waals surface area contributed by atoms with Crippen LogP contribution in [0.4, 0.5) is 4.79 Å². The van der Waals surface area contributed by atoms with E-state index in [9.17, 15) is 4.79 Å². The largest absolute Gasteiger partial charge is 0.413 e. The van der Waals surface area contributed by atoms with Gasteiger partial charge in [-0.3, -0.25) is 0 Å². The maximum absolute atomic E-state index is 11.4. The van der Waals surface area contributed by atoms with E-state index in [1.165, 1.54) is 0 Å². The van der Waals surface area contributed by atoms with Gasteiger partial charge in [0.2, 0.25) is 0 Å². The quantitative estimate of drug-likeness (QED) is 0.851. The number of hydrogen-bond donors (Lipinski definition) is 1. The van der Waals surface area contributed by atoms with Crippen LogP contribution in [0.5, 0.6) is 5.75 Å². The summed E-state index contributed by atoms with van der Waals surface area (Å²) in [5.41, 5.74) is -0.289. The number of nitrogens with one attached hydrogen (secondary N) is 1. The Morgan fingerprint density at radius 2 is 2.07 bits per heavy atom. The first kappa shape index (κ1) is 12.0. The molecule has 0 saturated carbocycles. The van der Waals surface area contributed by atoms with E-state index in [4.69, 9.17) is 4.74 Å². The highest BCUT2D eigenvalue weighted by Crippen LogP contribution is 2.17. The normalized spacial score (nSPS) is 10.9. The molecule has 0 atom stereocenters. The van der Waals surface area contributed by atoms with Crippen LogP contribution >= 0.6 is 15.9 Å². The summed E-state index contributed by atoms with van der Waals surface area (Å²) < 4.78 is 5.97. The SMILES string of the molecule is CC(C)(C)NC(=O)Oc1cccc(Br)c1. The Labute approximate surface area is 97.9 Å². The molecular weight excluding hydrogens is 258 g/mol. The van der Waals surface area contributed by atoms with Crippen molar-refractivity contribution >= 4 is 22.0 Å². The van der Waals surface area contributed by atoms with Gasteiger partial charge in [-0.2, -0.15) is 0 Å². The van der Waals surface area contributed by atoms with E-state index in [0.29, 0.717) is 5.75 Å². The summed E-state index contributed by atoms with van der Waals surface area (Å²) in [7, 11) is 0. The fourth-order valence-electron chi connectivity index (χ4n) is 0.969. The molecule has 1 rings (SSSR count). The molecule has 0 heterocycles. The van der Waals surface area contributed by atoms with Gasteiger partial charge in [0.15, 0.2) is 0 Å². The minimum atomic E-state index is -0.444. The summed E-state index contributed by atoms with van der Waals surface area (Å²) in [6.45, 7) is 5.69. The van der Waals surface area contributed by atoms with Crippen LogP contribution in [0.3, 0.4) is 0 Å².